The van der Waals surface area contributed by atoms with Gasteiger partial charge in [0, 0.05) is 17.8 Å². The molecule has 8 heteroatoms. The number of hydrogen-bond donors (Lipinski definition) is 2. The average molecular weight is 330 g/mol. The number of nitrogens with zero attached hydrogens (tertiary/aromatic N) is 1. The highest BCUT2D eigenvalue weighted by atomic mass is 16.6. The van der Waals surface area contributed by atoms with E-state index < -0.39 is 22.9 Å². The fraction of sp³-hybridized carbons (Fsp3) is 0.125. The maximum atomic E-state index is 12.0. The van der Waals surface area contributed by atoms with E-state index in [0.717, 1.165) is 0 Å². The van der Waals surface area contributed by atoms with Gasteiger partial charge in [-0.1, -0.05) is 6.07 Å². The summed E-state index contributed by atoms with van der Waals surface area (Å²) < 4.78 is 5.02. The van der Waals surface area contributed by atoms with Crippen molar-refractivity contribution in [1.82, 2.24) is 0 Å². The number of ether oxygens (including phenoxy) is 1. The van der Waals surface area contributed by atoms with E-state index in [0.29, 0.717) is 5.69 Å². The third-order valence-electron chi connectivity index (χ3n) is 3.08. The summed E-state index contributed by atoms with van der Waals surface area (Å²) in [6.07, 6.45) is -1.09. The first kappa shape index (κ1) is 16.9. The molecule has 2 aromatic carbocycles. The van der Waals surface area contributed by atoms with Crippen LogP contribution in [0.15, 0.2) is 48.5 Å². The van der Waals surface area contributed by atoms with Gasteiger partial charge in [0.15, 0.2) is 6.10 Å². The SMILES string of the molecule is C[C@@H](OC(=O)c1cccc(O)c1)C(=O)Nc1ccc([N+](=O)[O-])cc1. The minimum atomic E-state index is -1.09. The van der Waals surface area contributed by atoms with Crippen molar-refractivity contribution >= 4 is 23.3 Å². The zero-order chi connectivity index (χ0) is 17.7. The van der Waals surface area contributed by atoms with E-state index in [4.69, 9.17) is 4.74 Å². The highest BCUT2D eigenvalue weighted by molar-refractivity contribution is 5.97. The van der Waals surface area contributed by atoms with Gasteiger partial charge in [0.25, 0.3) is 11.6 Å². The topological polar surface area (TPSA) is 119 Å². The number of anilines is 1. The molecule has 8 nitrogen and oxygen atoms in total. The Hall–Kier alpha value is -3.42. The Bertz CT molecular complexity index is 772. The van der Waals surface area contributed by atoms with Gasteiger partial charge in [-0.2, -0.15) is 0 Å². The smallest absolute Gasteiger partial charge is 0.339 e. The Kier molecular flexibility index (Phi) is 5.10. The van der Waals surface area contributed by atoms with Crippen LogP contribution in [-0.4, -0.2) is 28.0 Å². The van der Waals surface area contributed by atoms with Gasteiger partial charge in [-0.15, -0.1) is 0 Å². The number of hydrogen-bond acceptors (Lipinski definition) is 6. The van der Waals surface area contributed by atoms with E-state index in [1.165, 1.54) is 55.5 Å². The lowest BCUT2D eigenvalue weighted by atomic mass is 10.2. The quantitative estimate of drug-likeness (QED) is 0.494. The molecule has 124 valence electrons. The van der Waals surface area contributed by atoms with Crippen LogP contribution in [0.5, 0.6) is 5.75 Å². The number of esters is 1. The Morgan fingerprint density at radius 2 is 1.88 bits per heavy atom. The van der Waals surface area contributed by atoms with E-state index in [9.17, 15) is 24.8 Å². The third kappa shape index (κ3) is 4.29. The standard InChI is InChI=1S/C16H14N2O6/c1-10(24-16(21)11-3-2-4-14(19)9-11)15(20)17-12-5-7-13(8-6-12)18(22)23/h2-10,19H,1H3,(H,17,20)/t10-/m1/s1. The van der Waals surface area contributed by atoms with Gasteiger partial charge in [0.1, 0.15) is 5.75 Å². The number of carbonyl (C=O) groups excluding carboxylic acids is 2. The van der Waals surface area contributed by atoms with Gasteiger partial charge in [-0.3, -0.25) is 14.9 Å². The summed E-state index contributed by atoms with van der Waals surface area (Å²) in [5, 5.41) is 22.4. The van der Waals surface area contributed by atoms with Crippen LogP contribution >= 0.6 is 0 Å². The summed E-state index contributed by atoms with van der Waals surface area (Å²) in [5.74, 6) is -1.43. The van der Waals surface area contributed by atoms with Crippen LogP contribution in [0.2, 0.25) is 0 Å². The van der Waals surface area contributed by atoms with Crippen molar-refractivity contribution in [3.8, 4) is 5.75 Å². The van der Waals surface area contributed by atoms with E-state index in [1.54, 1.807) is 0 Å². The molecule has 0 bridgehead atoms. The van der Waals surface area contributed by atoms with E-state index in [2.05, 4.69) is 5.32 Å². The van der Waals surface area contributed by atoms with Crippen LogP contribution in [0.3, 0.4) is 0 Å². The summed E-state index contributed by atoms with van der Waals surface area (Å²) in [4.78, 5) is 33.9. The number of rotatable bonds is 5. The molecule has 0 radical (unpaired) electrons. The minimum Gasteiger partial charge on any atom is -0.508 e. The number of nitrogens with one attached hydrogen (secondary N) is 1. The van der Waals surface area contributed by atoms with Crippen LogP contribution in [0.1, 0.15) is 17.3 Å². The maximum Gasteiger partial charge on any atom is 0.339 e. The molecular weight excluding hydrogens is 316 g/mol. The molecule has 2 rings (SSSR count). The highest BCUT2D eigenvalue weighted by Gasteiger charge is 2.19. The number of nitro groups is 1. The van der Waals surface area contributed by atoms with Crippen molar-refractivity contribution in [2.24, 2.45) is 0 Å². The normalized spacial score (nSPS) is 11.4. The number of benzene rings is 2. The number of phenols is 1. The molecule has 0 aromatic heterocycles. The molecule has 0 saturated heterocycles. The van der Waals surface area contributed by atoms with Crippen molar-refractivity contribution in [3.63, 3.8) is 0 Å². The Labute approximate surface area is 136 Å². The van der Waals surface area contributed by atoms with Crippen LogP contribution in [0.25, 0.3) is 0 Å². The van der Waals surface area contributed by atoms with Gasteiger partial charge in [-0.25, -0.2) is 4.79 Å². The van der Waals surface area contributed by atoms with Gasteiger partial charge >= 0.3 is 5.97 Å². The summed E-state index contributed by atoms with van der Waals surface area (Å²) in [6.45, 7) is 1.39. The monoisotopic (exact) mass is 330 g/mol. The van der Waals surface area contributed by atoms with E-state index in [1.807, 2.05) is 0 Å². The molecule has 1 amide bonds. The van der Waals surface area contributed by atoms with E-state index in [-0.39, 0.29) is 17.0 Å². The molecular formula is C16H14N2O6. The number of aromatic hydroxyl groups is 1. The predicted molar refractivity (Wildman–Crippen MR) is 84.7 cm³/mol. The van der Waals surface area contributed by atoms with Crippen LogP contribution in [0, 0.1) is 10.1 Å². The lowest BCUT2D eigenvalue weighted by Gasteiger charge is -2.13. The van der Waals surface area contributed by atoms with Gasteiger partial charge in [0.2, 0.25) is 0 Å². The largest absolute Gasteiger partial charge is 0.508 e. The molecule has 0 aliphatic carbocycles. The molecule has 0 unspecified atom stereocenters. The average Bonchev–Trinajstić information content (AvgIpc) is 2.55. The first-order valence-corrected chi connectivity index (χ1v) is 6.92. The fourth-order valence-electron chi connectivity index (χ4n) is 1.83. The number of amides is 1. The molecule has 0 saturated carbocycles. The van der Waals surface area contributed by atoms with Crippen molar-refractivity contribution in [3.05, 3.63) is 64.2 Å². The van der Waals surface area contributed by atoms with Gasteiger partial charge in [0.05, 0.1) is 10.5 Å². The zero-order valence-corrected chi connectivity index (χ0v) is 12.6. The molecule has 24 heavy (non-hydrogen) atoms. The number of nitro benzene ring substituents is 1. The van der Waals surface area contributed by atoms with Gasteiger partial charge in [-0.05, 0) is 37.3 Å². The summed E-state index contributed by atoms with van der Waals surface area (Å²) in [7, 11) is 0. The highest BCUT2D eigenvalue weighted by Crippen LogP contribution is 2.16. The molecule has 0 fully saturated rings. The molecule has 1 atom stereocenters. The van der Waals surface area contributed by atoms with Crippen molar-refractivity contribution in [2.75, 3.05) is 5.32 Å². The summed E-state index contributed by atoms with van der Waals surface area (Å²) in [5.41, 5.74) is 0.354. The molecule has 2 N–H and O–H groups in total. The van der Waals surface area contributed by atoms with Gasteiger partial charge < -0.3 is 15.2 Å². The fourth-order valence-corrected chi connectivity index (χ4v) is 1.83. The van der Waals surface area contributed by atoms with Crippen molar-refractivity contribution < 1.29 is 24.4 Å². The maximum absolute atomic E-state index is 12.0. The Balaban J connectivity index is 1.96. The lowest BCUT2D eigenvalue weighted by Crippen LogP contribution is -2.29. The van der Waals surface area contributed by atoms with Crippen LogP contribution < -0.4 is 5.32 Å². The van der Waals surface area contributed by atoms with Crippen LogP contribution in [-0.2, 0) is 9.53 Å². The number of non-ortho nitro benzene ring substituents is 1. The Morgan fingerprint density at radius 3 is 2.46 bits per heavy atom. The molecule has 0 aliphatic rings. The summed E-state index contributed by atoms with van der Waals surface area (Å²) in [6, 6.07) is 10.8. The number of carbonyl (C=O) groups is 2. The first-order valence-electron chi connectivity index (χ1n) is 6.92. The zero-order valence-electron chi connectivity index (χ0n) is 12.6. The third-order valence-corrected chi connectivity index (χ3v) is 3.08. The van der Waals surface area contributed by atoms with Crippen LogP contribution in [0.4, 0.5) is 11.4 Å². The predicted octanol–water partition coefficient (Wildman–Crippen LogP) is 2.48. The Morgan fingerprint density at radius 1 is 1.21 bits per heavy atom. The van der Waals surface area contributed by atoms with E-state index >= 15 is 0 Å². The second-order valence-corrected chi connectivity index (χ2v) is 4.89. The van der Waals surface area contributed by atoms with Crippen molar-refractivity contribution in [2.45, 2.75) is 13.0 Å². The number of phenolic OH excluding ortho intramolecular Hbond substituents is 1. The second kappa shape index (κ2) is 7.23. The molecule has 0 aliphatic heterocycles. The minimum absolute atomic E-state index is 0.0903. The first-order chi connectivity index (χ1) is 11.4. The van der Waals surface area contributed by atoms with Crippen molar-refractivity contribution in [1.29, 1.82) is 0 Å². The molecule has 2 aromatic rings. The second-order valence-electron chi connectivity index (χ2n) is 4.89. The lowest BCUT2D eigenvalue weighted by molar-refractivity contribution is -0.384. The molecule has 0 heterocycles. The molecule has 0 spiro atoms. The summed E-state index contributed by atoms with van der Waals surface area (Å²) >= 11 is 0.